The molecule has 15 heavy (non-hydrogen) atoms. The average molecular weight is 207 g/mol. The summed E-state index contributed by atoms with van der Waals surface area (Å²) in [6, 6.07) is 2.25. The molecule has 0 radical (unpaired) electrons. The highest BCUT2D eigenvalue weighted by Crippen LogP contribution is 2.24. The van der Waals surface area contributed by atoms with Gasteiger partial charge in [-0.2, -0.15) is 0 Å². The summed E-state index contributed by atoms with van der Waals surface area (Å²) in [5.74, 6) is 0.628. The van der Waals surface area contributed by atoms with Crippen molar-refractivity contribution < 1.29 is 9.32 Å². The Morgan fingerprint density at radius 3 is 3.20 bits per heavy atom. The fourth-order valence-corrected chi connectivity index (χ4v) is 2.32. The topological polar surface area (TPSA) is 58.4 Å². The first-order valence-electron chi connectivity index (χ1n) is 5.27. The van der Waals surface area contributed by atoms with Crippen LogP contribution in [0.3, 0.4) is 0 Å². The summed E-state index contributed by atoms with van der Waals surface area (Å²) < 4.78 is 4.68. The first kappa shape index (κ1) is 8.91. The number of fused-ring (bicyclic) bond motifs is 1. The van der Waals surface area contributed by atoms with Gasteiger partial charge in [0, 0.05) is 37.7 Å². The maximum absolute atomic E-state index is 11.9. The third kappa shape index (κ3) is 1.43. The van der Waals surface area contributed by atoms with Crippen LogP contribution in [0.5, 0.6) is 0 Å². The number of hydrogen-bond acceptors (Lipinski definition) is 4. The molecule has 3 heterocycles. The Kier molecular flexibility index (Phi) is 1.98. The molecule has 5 nitrogen and oxygen atoms in total. The third-order valence-electron chi connectivity index (χ3n) is 3.32. The van der Waals surface area contributed by atoms with Gasteiger partial charge in [0.2, 0.25) is 0 Å². The Morgan fingerprint density at radius 1 is 1.67 bits per heavy atom. The van der Waals surface area contributed by atoms with Crippen LogP contribution in [0, 0.1) is 5.92 Å². The number of nitrogens with zero attached hydrogens (tertiary/aromatic N) is 2. The zero-order chi connectivity index (χ0) is 10.3. The standard InChI is InChI=1S/C10H13N3O2/c14-10(9-2-4-15-12-9)13-3-1-8-7(6-13)5-11-8/h2,4,7-8,11H,1,3,5-6H2. The molecule has 1 amide bonds. The third-order valence-corrected chi connectivity index (χ3v) is 3.32. The summed E-state index contributed by atoms with van der Waals surface area (Å²) in [7, 11) is 0. The Labute approximate surface area is 87.4 Å². The van der Waals surface area contributed by atoms with E-state index in [-0.39, 0.29) is 5.91 Å². The number of carbonyl (C=O) groups excluding carboxylic acids is 1. The van der Waals surface area contributed by atoms with Crippen molar-refractivity contribution in [1.82, 2.24) is 15.4 Å². The molecule has 1 aromatic rings. The number of hydrogen-bond donors (Lipinski definition) is 1. The lowest BCUT2D eigenvalue weighted by molar-refractivity contribution is 0.0500. The van der Waals surface area contributed by atoms with Crippen LogP contribution in [0.15, 0.2) is 16.9 Å². The van der Waals surface area contributed by atoms with Crippen molar-refractivity contribution in [2.75, 3.05) is 19.6 Å². The molecule has 2 fully saturated rings. The zero-order valence-electron chi connectivity index (χ0n) is 8.35. The van der Waals surface area contributed by atoms with Crippen molar-refractivity contribution in [3.8, 4) is 0 Å². The molecule has 3 rings (SSSR count). The lowest BCUT2D eigenvalue weighted by atomic mass is 9.85. The number of carbonyl (C=O) groups is 1. The molecule has 80 valence electrons. The van der Waals surface area contributed by atoms with E-state index >= 15 is 0 Å². The lowest BCUT2D eigenvalue weighted by Crippen LogP contribution is -2.62. The second-order valence-corrected chi connectivity index (χ2v) is 4.20. The van der Waals surface area contributed by atoms with Crippen molar-refractivity contribution in [3.63, 3.8) is 0 Å². The molecule has 2 unspecified atom stereocenters. The van der Waals surface area contributed by atoms with Gasteiger partial charge in [0.15, 0.2) is 5.69 Å². The van der Waals surface area contributed by atoms with Crippen LogP contribution in [0.2, 0.25) is 0 Å². The molecule has 0 bridgehead atoms. The smallest absolute Gasteiger partial charge is 0.276 e. The Morgan fingerprint density at radius 2 is 2.60 bits per heavy atom. The summed E-state index contributed by atoms with van der Waals surface area (Å²) in [6.45, 7) is 2.70. The van der Waals surface area contributed by atoms with Crippen LogP contribution in [-0.4, -0.2) is 41.6 Å². The Bertz CT molecular complexity index is 363. The highest BCUT2D eigenvalue weighted by Gasteiger charge is 2.37. The minimum atomic E-state index is -0.00546. The van der Waals surface area contributed by atoms with Crippen LogP contribution >= 0.6 is 0 Å². The molecule has 2 aliphatic rings. The summed E-state index contributed by atoms with van der Waals surface area (Å²) >= 11 is 0. The van der Waals surface area contributed by atoms with Crippen LogP contribution in [0.1, 0.15) is 16.9 Å². The SMILES string of the molecule is O=C(c1ccon1)N1CCC2NCC2C1. The van der Waals surface area contributed by atoms with Gasteiger partial charge in [-0.3, -0.25) is 4.79 Å². The number of likely N-dealkylation sites (tertiary alicyclic amines) is 1. The minimum absolute atomic E-state index is 0.00546. The maximum atomic E-state index is 11.9. The minimum Gasteiger partial charge on any atom is -0.364 e. The van der Waals surface area contributed by atoms with Gasteiger partial charge in [-0.1, -0.05) is 5.16 Å². The number of aromatic nitrogens is 1. The van der Waals surface area contributed by atoms with Crippen molar-refractivity contribution in [2.24, 2.45) is 5.92 Å². The second kappa shape index (κ2) is 3.34. The Hall–Kier alpha value is -1.36. The van der Waals surface area contributed by atoms with Gasteiger partial charge < -0.3 is 14.7 Å². The molecule has 0 spiro atoms. The summed E-state index contributed by atoms with van der Waals surface area (Å²) in [6.07, 6.45) is 2.49. The first-order valence-corrected chi connectivity index (χ1v) is 5.27. The molecule has 0 aliphatic carbocycles. The van der Waals surface area contributed by atoms with E-state index in [1.807, 2.05) is 4.90 Å². The predicted octanol–water partition coefficient (Wildman–Crippen LogP) is 0.108. The fourth-order valence-electron chi connectivity index (χ4n) is 2.32. The summed E-state index contributed by atoms with van der Waals surface area (Å²) in [5, 5.41) is 7.04. The fraction of sp³-hybridized carbons (Fsp3) is 0.600. The molecule has 2 atom stereocenters. The lowest BCUT2D eigenvalue weighted by Gasteiger charge is -2.46. The molecule has 0 aromatic carbocycles. The number of nitrogens with one attached hydrogen (secondary N) is 1. The van der Waals surface area contributed by atoms with Gasteiger partial charge in [0.05, 0.1) is 0 Å². The number of amides is 1. The number of piperidine rings is 1. The first-order chi connectivity index (χ1) is 7.34. The van der Waals surface area contributed by atoms with E-state index in [1.54, 1.807) is 6.07 Å². The van der Waals surface area contributed by atoms with Gasteiger partial charge >= 0.3 is 0 Å². The number of rotatable bonds is 1. The van der Waals surface area contributed by atoms with Crippen LogP contribution in [-0.2, 0) is 0 Å². The van der Waals surface area contributed by atoms with E-state index < -0.39 is 0 Å². The molecule has 0 saturated carbocycles. The van der Waals surface area contributed by atoms with E-state index in [2.05, 4.69) is 15.0 Å². The van der Waals surface area contributed by atoms with Crippen molar-refractivity contribution in [2.45, 2.75) is 12.5 Å². The highest BCUT2D eigenvalue weighted by atomic mass is 16.5. The van der Waals surface area contributed by atoms with E-state index in [1.165, 1.54) is 6.26 Å². The van der Waals surface area contributed by atoms with Crippen LogP contribution < -0.4 is 5.32 Å². The molecule has 2 saturated heterocycles. The van der Waals surface area contributed by atoms with E-state index in [9.17, 15) is 4.79 Å². The van der Waals surface area contributed by atoms with E-state index in [0.717, 1.165) is 26.1 Å². The van der Waals surface area contributed by atoms with Gasteiger partial charge in [-0.15, -0.1) is 0 Å². The van der Waals surface area contributed by atoms with Crippen molar-refractivity contribution in [3.05, 3.63) is 18.0 Å². The molecular formula is C10H13N3O2. The highest BCUT2D eigenvalue weighted by molar-refractivity contribution is 5.92. The molecule has 1 N–H and O–H groups in total. The van der Waals surface area contributed by atoms with Crippen LogP contribution in [0.25, 0.3) is 0 Å². The maximum Gasteiger partial charge on any atom is 0.276 e. The summed E-state index contributed by atoms with van der Waals surface area (Å²) in [5.41, 5.74) is 0.417. The molecule has 2 aliphatic heterocycles. The summed E-state index contributed by atoms with van der Waals surface area (Å²) in [4.78, 5) is 13.8. The molecule has 1 aromatic heterocycles. The van der Waals surface area contributed by atoms with Gasteiger partial charge in [0.1, 0.15) is 6.26 Å². The largest absolute Gasteiger partial charge is 0.364 e. The van der Waals surface area contributed by atoms with Gasteiger partial charge in [-0.25, -0.2) is 0 Å². The Balaban J connectivity index is 1.70. The molecule has 5 heteroatoms. The van der Waals surface area contributed by atoms with Crippen LogP contribution in [0.4, 0.5) is 0 Å². The average Bonchev–Trinajstić information content (AvgIpc) is 2.72. The normalized spacial score (nSPS) is 29.5. The molecular weight excluding hydrogens is 194 g/mol. The predicted molar refractivity (Wildman–Crippen MR) is 52.3 cm³/mol. The van der Waals surface area contributed by atoms with Crippen molar-refractivity contribution >= 4 is 5.91 Å². The van der Waals surface area contributed by atoms with Crippen molar-refractivity contribution in [1.29, 1.82) is 0 Å². The van der Waals surface area contributed by atoms with E-state index in [0.29, 0.717) is 17.7 Å². The monoisotopic (exact) mass is 207 g/mol. The second-order valence-electron chi connectivity index (χ2n) is 4.20. The van der Waals surface area contributed by atoms with Gasteiger partial charge in [0.25, 0.3) is 5.91 Å². The van der Waals surface area contributed by atoms with E-state index in [4.69, 9.17) is 0 Å². The quantitative estimate of drug-likeness (QED) is 0.710. The van der Waals surface area contributed by atoms with Gasteiger partial charge in [-0.05, 0) is 6.42 Å². The zero-order valence-corrected chi connectivity index (χ0v) is 8.35.